The Hall–Kier alpha value is -0.570. The first-order chi connectivity index (χ1) is 6.43. The van der Waals surface area contributed by atoms with Crippen LogP contribution in [-0.4, -0.2) is 29.4 Å². The second-order valence-electron chi connectivity index (χ2n) is 5.58. The number of nitrogens with two attached hydrogens (primary N) is 1. The molecule has 0 atom stereocenters. The monoisotopic (exact) mass is 196 g/mol. The summed E-state index contributed by atoms with van der Waals surface area (Å²) in [6, 6.07) is 0. The molecule has 14 heavy (non-hydrogen) atoms. The van der Waals surface area contributed by atoms with Crippen LogP contribution in [0.15, 0.2) is 0 Å². The highest BCUT2D eigenvalue weighted by Gasteiger charge is 2.45. The molecule has 0 aromatic rings. The van der Waals surface area contributed by atoms with E-state index < -0.39 is 0 Å². The number of carbonyl (C=O) groups is 1. The van der Waals surface area contributed by atoms with E-state index in [-0.39, 0.29) is 11.0 Å². The SMILES string of the molecule is CC1(N)CN(C(=O)C2(C)CCCC2)C1. The highest BCUT2D eigenvalue weighted by molar-refractivity contribution is 5.83. The average Bonchev–Trinajstić information content (AvgIpc) is 2.47. The van der Waals surface area contributed by atoms with Crippen LogP contribution in [0.25, 0.3) is 0 Å². The fraction of sp³-hybridized carbons (Fsp3) is 0.909. The minimum absolute atomic E-state index is 0.0729. The van der Waals surface area contributed by atoms with Gasteiger partial charge in [-0.25, -0.2) is 0 Å². The van der Waals surface area contributed by atoms with Crippen molar-refractivity contribution >= 4 is 5.91 Å². The lowest BCUT2D eigenvalue weighted by Crippen LogP contribution is -2.68. The predicted octanol–water partition coefficient (Wildman–Crippen LogP) is 1.13. The molecule has 1 saturated heterocycles. The van der Waals surface area contributed by atoms with Crippen molar-refractivity contribution in [2.75, 3.05) is 13.1 Å². The molecule has 1 aliphatic heterocycles. The Balaban J connectivity index is 1.96. The smallest absolute Gasteiger partial charge is 0.228 e. The van der Waals surface area contributed by atoms with E-state index in [9.17, 15) is 4.79 Å². The second kappa shape index (κ2) is 2.96. The van der Waals surface area contributed by atoms with Crippen LogP contribution in [0.2, 0.25) is 0 Å². The molecule has 3 heteroatoms. The van der Waals surface area contributed by atoms with E-state index in [1.54, 1.807) is 0 Å². The number of likely N-dealkylation sites (tertiary alicyclic amines) is 1. The van der Waals surface area contributed by atoms with Crippen LogP contribution in [0.4, 0.5) is 0 Å². The maximum Gasteiger partial charge on any atom is 0.228 e. The van der Waals surface area contributed by atoms with Crippen LogP contribution in [0, 0.1) is 5.41 Å². The van der Waals surface area contributed by atoms with Crippen LogP contribution in [0.1, 0.15) is 39.5 Å². The van der Waals surface area contributed by atoms with Crippen LogP contribution in [0.3, 0.4) is 0 Å². The zero-order valence-corrected chi connectivity index (χ0v) is 9.18. The Bertz CT molecular complexity index is 246. The van der Waals surface area contributed by atoms with Gasteiger partial charge in [-0.1, -0.05) is 19.8 Å². The molecule has 1 saturated carbocycles. The van der Waals surface area contributed by atoms with Crippen molar-refractivity contribution in [2.24, 2.45) is 11.1 Å². The van der Waals surface area contributed by atoms with Crippen LogP contribution in [-0.2, 0) is 4.79 Å². The molecule has 0 bridgehead atoms. The van der Waals surface area contributed by atoms with Crippen molar-refractivity contribution in [3.05, 3.63) is 0 Å². The molecule has 2 aliphatic rings. The summed E-state index contributed by atoms with van der Waals surface area (Å²) in [6.45, 7) is 5.59. The van der Waals surface area contributed by atoms with E-state index in [4.69, 9.17) is 5.73 Å². The molecule has 2 N–H and O–H groups in total. The standard InChI is InChI=1S/C11H20N2O/c1-10(5-3-4-6-10)9(14)13-7-11(2,12)8-13/h3-8,12H2,1-2H3. The first kappa shape index (κ1) is 9.97. The van der Waals surface area contributed by atoms with Gasteiger partial charge in [0.05, 0.1) is 0 Å². The molecule has 1 heterocycles. The van der Waals surface area contributed by atoms with Crippen LogP contribution in [0.5, 0.6) is 0 Å². The van der Waals surface area contributed by atoms with Crippen molar-refractivity contribution in [1.29, 1.82) is 0 Å². The van der Waals surface area contributed by atoms with Gasteiger partial charge < -0.3 is 10.6 Å². The summed E-state index contributed by atoms with van der Waals surface area (Å²) in [5.74, 6) is 0.331. The van der Waals surface area contributed by atoms with Gasteiger partial charge in [0, 0.05) is 24.0 Å². The highest BCUT2D eigenvalue weighted by Crippen LogP contribution is 2.40. The molecule has 0 unspecified atom stereocenters. The molecule has 1 amide bonds. The molecule has 0 radical (unpaired) electrons. The van der Waals surface area contributed by atoms with Crippen LogP contribution >= 0.6 is 0 Å². The van der Waals surface area contributed by atoms with Crippen molar-refractivity contribution in [3.8, 4) is 0 Å². The zero-order chi connectivity index (χ0) is 10.4. The van der Waals surface area contributed by atoms with Crippen molar-refractivity contribution in [3.63, 3.8) is 0 Å². The summed E-state index contributed by atoms with van der Waals surface area (Å²) in [5.41, 5.74) is 5.69. The van der Waals surface area contributed by atoms with Gasteiger partial charge in [-0.2, -0.15) is 0 Å². The molecule has 1 aliphatic carbocycles. The molecule has 0 aromatic carbocycles. The Morgan fingerprint density at radius 1 is 1.21 bits per heavy atom. The number of hydrogen-bond donors (Lipinski definition) is 1. The fourth-order valence-electron chi connectivity index (χ4n) is 2.72. The van der Waals surface area contributed by atoms with E-state index in [0.29, 0.717) is 5.91 Å². The number of carbonyl (C=O) groups excluding carboxylic acids is 1. The summed E-state index contributed by atoms with van der Waals surface area (Å²) in [6.07, 6.45) is 4.53. The number of rotatable bonds is 1. The van der Waals surface area contributed by atoms with Gasteiger partial charge in [0.2, 0.25) is 5.91 Å². The minimum atomic E-state index is -0.134. The molecule has 3 nitrogen and oxygen atoms in total. The quantitative estimate of drug-likeness (QED) is 0.683. The first-order valence-electron chi connectivity index (χ1n) is 5.51. The van der Waals surface area contributed by atoms with E-state index in [1.165, 1.54) is 12.8 Å². The van der Waals surface area contributed by atoms with Crippen molar-refractivity contribution < 1.29 is 4.79 Å². The van der Waals surface area contributed by atoms with Gasteiger partial charge >= 0.3 is 0 Å². The molecule has 0 spiro atoms. The minimum Gasteiger partial charge on any atom is -0.338 e. The molecule has 0 aromatic heterocycles. The van der Waals surface area contributed by atoms with Gasteiger partial charge in [0.25, 0.3) is 0 Å². The predicted molar refractivity (Wildman–Crippen MR) is 55.7 cm³/mol. The van der Waals surface area contributed by atoms with E-state index in [1.807, 2.05) is 11.8 Å². The van der Waals surface area contributed by atoms with Gasteiger partial charge in [-0.3, -0.25) is 4.79 Å². The zero-order valence-electron chi connectivity index (χ0n) is 9.18. The van der Waals surface area contributed by atoms with E-state index in [2.05, 4.69) is 6.92 Å². The van der Waals surface area contributed by atoms with Crippen molar-refractivity contribution in [1.82, 2.24) is 4.90 Å². The van der Waals surface area contributed by atoms with Crippen LogP contribution < -0.4 is 5.73 Å². The normalized spacial score (nSPS) is 28.6. The second-order valence-corrected chi connectivity index (χ2v) is 5.58. The van der Waals surface area contributed by atoms with Gasteiger partial charge in [-0.05, 0) is 19.8 Å². The van der Waals surface area contributed by atoms with E-state index >= 15 is 0 Å². The number of nitrogens with zero attached hydrogens (tertiary/aromatic N) is 1. The van der Waals surface area contributed by atoms with E-state index in [0.717, 1.165) is 25.9 Å². The number of amides is 1. The summed E-state index contributed by atoms with van der Waals surface area (Å²) < 4.78 is 0. The lowest BCUT2D eigenvalue weighted by Gasteiger charge is -2.48. The molecule has 2 rings (SSSR count). The highest BCUT2D eigenvalue weighted by atomic mass is 16.2. The topological polar surface area (TPSA) is 46.3 Å². The molecular weight excluding hydrogens is 176 g/mol. The maximum absolute atomic E-state index is 12.1. The third-order valence-electron chi connectivity index (χ3n) is 3.61. The third kappa shape index (κ3) is 1.54. The third-order valence-corrected chi connectivity index (χ3v) is 3.61. The Labute approximate surface area is 85.6 Å². The Morgan fingerprint density at radius 2 is 1.71 bits per heavy atom. The Kier molecular flexibility index (Phi) is 2.11. The molecular formula is C11H20N2O. The summed E-state index contributed by atoms with van der Waals surface area (Å²) in [7, 11) is 0. The maximum atomic E-state index is 12.1. The summed E-state index contributed by atoms with van der Waals surface area (Å²) >= 11 is 0. The first-order valence-corrected chi connectivity index (χ1v) is 5.51. The van der Waals surface area contributed by atoms with Crippen molar-refractivity contribution in [2.45, 2.75) is 45.1 Å². The largest absolute Gasteiger partial charge is 0.338 e. The molecule has 80 valence electrons. The lowest BCUT2D eigenvalue weighted by molar-refractivity contribution is -0.148. The average molecular weight is 196 g/mol. The summed E-state index contributed by atoms with van der Waals surface area (Å²) in [4.78, 5) is 14.0. The Morgan fingerprint density at radius 3 is 2.14 bits per heavy atom. The number of hydrogen-bond acceptors (Lipinski definition) is 2. The fourth-order valence-corrected chi connectivity index (χ4v) is 2.72. The van der Waals surface area contributed by atoms with Gasteiger partial charge in [-0.15, -0.1) is 0 Å². The molecule has 2 fully saturated rings. The summed E-state index contributed by atoms with van der Waals surface area (Å²) in [5, 5.41) is 0. The lowest BCUT2D eigenvalue weighted by atomic mass is 9.83. The van der Waals surface area contributed by atoms with Gasteiger partial charge in [0.15, 0.2) is 0 Å². The van der Waals surface area contributed by atoms with Gasteiger partial charge in [0.1, 0.15) is 0 Å².